The minimum absolute atomic E-state index is 0.197. The Morgan fingerprint density at radius 1 is 1.32 bits per heavy atom. The van der Waals surface area contributed by atoms with Crippen LogP contribution in [0.15, 0.2) is 24.3 Å². The van der Waals surface area contributed by atoms with Crippen molar-refractivity contribution in [2.24, 2.45) is 5.92 Å². The van der Waals surface area contributed by atoms with Crippen LogP contribution < -0.4 is 5.32 Å². The van der Waals surface area contributed by atoms with Crippen molar-refractivity contribution in [1.82, 2.24) is 10.2 Å². The third-order valence-electron chi connectivity index (χ3n) is 4.47. The second-order valence-electron chi connectivity index (χ2n) is 6.01. The highest BCUT2D eigenvalue weighted by Crippen LogP contribution is 2.31. The molecule has 0 aliphatic carbocycles. The first kappa shape index (κ1) is 15.0. The lowest BCUT2D eigenvalue weighted by Gasteiger charge is -2.26. The van der Waals surface area contributed by atoms with Gasteiger partial charge in [-0.1, -0.05) is 18.2 Å². The molecule has 3 rings (SSSR count). The van der Waals surface area contributed by atoms with E-state index in [1.54, 1.807) is 19.1 Å². The van der Waals surface area contributed by atoms with Gasteiger partial charge in [-0.15, -0.1) is 0 Å². The molecule has 6 heteroatoms. The van der Waals surface area contributed by atoms with E-state index in [1.807, 2.05) is 0 Å². The number of halogens is 1. The monoisotopic (exact) mass is 306 g/mol. The summed E-state index contributed by atoms with van der Waals surface area (Å²) in [6.07, 6.45) is 1.65. The zero-order chi connectivity index (χ0) is 15.7. The van der Waals surface area contributed by atoms with Gasteiger partial charge in [0.15, 0.2) is 0 Å². The third-order valence-corrected chi connectivity index (χ3v) is 4.47. The first-order chi connectivity index (χ1) is 10.5. The van der Waals surface area contributed by atoms with E-state index >= 15 is 0 Å². The van der Waals surface area contributed by atoms with Gasteiger partial charge in [-0.05, 0) is 31.7 Å². The lowest BCUT2D eigenvalue weighted by atomic mass is 9.91. The first-order valence-corrected chi connectivity index (χ1v) is 7.49. The van der Waals surface area contributed by atoms with E-state index in [0.29, 0.717) is 19.8 Å². The predicted octanol–water partition coefficient (Wildman–Crippen LogP) is 2.02. The average molecular weight is 306 g/mol. The summed E-state index contributed by atoms with van der Waals surface area (Å²) in [6.45, 7) is 3.21. The molecule has 1 aromatic carbocycles. The second-order valence-corrected chi connectivity index (χ2v) is 6.01. The number of urea groups is 1. The van der Waals surface area contributed by atoms with Crippen molar-refractivity contribution in [3.63, 3.8) is 0 Å². The van der Waals surface area contributed by atoms with Gasteiger partial charge in [0, 0.05) is 25.3 Å². The Labute approximate surface area is 128 Å². The number of imide groups is 1. The first-order valence-electron chi connectivity index (χ1n) is 7.49. The van der Waals surface area contributed by atoms with Gasteiger partial charge in [0.25, 0.3) is 5.91 Å². The summed E-state index contributed by atoms with van der Waals surface area (Å²) in [7, 11) is 0. The van der Waals surface area contributed by atoms with Gasteiger partial charge in [-0.25, -0.2) is 9.18 Å². The fraction of sp³-hybridized carbons (Fsp3) is 0.500. The lowest BCUT2D eigenvalue weighted by Crippen LogP contribution is -2.42. The normalized spacial score (nSPS) is 26.4. The second kappa shape index (κ2) is 5.68. The maximum absolute atomic E-state index is 14.0. The van der Waals surface area contributed by atoms with Crippen LogP contribution in [0.1, 0.15) is 25.3 Å². The van der Waals surface area contributed by atoms with Crippen LogP contribution in [0.2, 0.25) is 0 Å². The smallest absolute Gasteiger partial charge is 0.325 e. The number of nitrogens with zero attached hydrogens (tertiary/aromatic N) is 1. The summed E-state index contributed by atoms with van der Waals surface area (Å²) in [6, 6.07) is 5.59. The highest BCUT2D eigenvalue weighted by molar-refractivity contribution is 6.07. The fourth-order valence-corrected chi connectivity index (χ4v) is 3.10. The van der Waals surface area contributed by atoms with E-state index in [-0.39, 0.29) is 11.5 Å². The molecule has 1 atom stereocenters. The summed E-state index contributed by atoms with van der Waals surface area (Å²) in [5.74, 6) is -0.646. The minimum atomic E-state index is -1.34. The molecule has 2 aliphatic rings. The average Bonchev–Trinajstić information content (AvgIpc) is 2.73. The number of benzene rings is 1. The molecule has 0 unspecified atom stereocenters. The topological polar surface area (TPSA) is 58.6 Å². The van der Waals surface area contributed by atoms with Gasteiger partial charge in [-0.2, -0.15) is 0 Å². The molecular formula is C16H19FN2O3. The Bertz CT molecular complexity index is 601. The molecule has 2 aliphatic heterocycles. The molecule has 1 N–H and O–H groups in total. The van der Waals surface area contributed by atoms with E-state index in [1.165, 1.54) is 17.0 Å². The van der Waals surface area contributed by atoms with E-state index in [0.717, 1.165) is 12.8 Å². The predicted molar refractivity (Wildman–Crippen MR) is 77.5 cm³/mol. The molecule has 3 amide bonds. The van der Waals surface area contributed by atoms with Crippen molar-refractivity contribution in [2.75, 3.05) is 19.8 Å². The Balaban J connectivity index is 1.83. The van der Waals surface area contributed by atoms with Crippen LogP contribution in [0, 0.1) is 11.7 Å². The number of hydrogen-bond donors (Lipinski definition) is 1. The summed E-state index contributed by atoms with van der Waals surface area (Å²) in [5, 5.41) is 2.64. The fourth-order valence-electron chi connectivity index (χ4n) is 3.10. The maximum Gasteiger partial charge on any atom is 0.325 e. The van der Waals surface area contributed by atoms with Crippen molar-refractivity contribution in [2.45, 2.75) is 25.3 Å². The van der Waals surface area contributed by atoms with Crippen LogP contribution in [-0.2, 0) is 15.1 Å². The van der Waals surface area contributed by atoms with Crippen LogP contribution in [0.3, 0.4) is 0 Å². The van der Waals surface area contributed by atoms with E-state index in [4.69, 9.17) is 4.74 Å². The van der Waals surface area contributed by atoms with Gasteiger partial charge >= 0.3 is 6.03 Å². The summed E-state index contributed by atoms with van der Waals surface area (Å²) in [5.41, 5.74) is -1.14. The standard InChI is InChI=1S/C16H19FN2O3/c1-16(12-4-2-3-5-13(12)17)14(20)19(15(21)18-16)10-11-6-8-22-9-7-11/h2-5,11H,6-10H2,1H3,(H,18,21)/t16-/m1/s1. The number of ether oxygens (including phenoxy) is 1. The molecule has 0 radical (unpaired) electrons. The number of carbonyl (C=O) groups is 2. The zero-order valence-electron chi connectivity index (χ0n) is 12.5. The molecule has 118 valence electrons. The van der Waals surface area contributed by atoms with Crippen molar-refractivity contribution in [1.29, 1.82) is 0 Å². The SMILES string of the molecule is C[C@]1(c2ccccc2F)NC(=O)N(CC2CCOCC2)C1=O. The van der Waals surface area contributed by atoms with Gasteiger partial charge in [0.1, 0.15) is 11.4 Å². The van der Waals surface area contributed by atoms with Gasteiger partial charge in [0.2, 0.25) is 0 Å². The minimum Gasteiger partial charge on any atom is -0.381 e. The molecule has 0 aromatic heterocycles. The summed E-state index contributed by atoms with van der Waals surface area (Å²) < 4.78 is 19.3. The molecule has 0 bridgehead atoms. The van der Waals surface area contributed by atoms with Gasteiger partial charge in [0.05, 0.1) is 0 Å². The maximum atomic E-state index is 14.0. The third kappa shape index (κ3) is 2.47. The molecule has 0 spiro atoms. The Morgan fingerprint density at radius 2 is 2.00 bits per heavy atom. The number of hydrogen-bond acceptors (Lipinski definition) is 3. The quantitative estimate of drug-likeness (QED) is 0.869. The lowest BCUT2D eigenvalue weighted by molar-refractivity contribution is -0.131. The van der Waals surface area contributed by atoms with Crippen LogP contribution in [0.5, 0.6) is 0 Å². The summed E-state index contributed by atoms with van der Waals surface area (Å²) >= 11 is 0. The molecule has 22 heavy (non-hydrogen) atoms. The largest absolute Gasteiger partial charge is 0.381 e. The van der Waals surface area contributed by atoms with Crippen molar-refractivity contribution in [3.8, 4) is 0 Å². The van der Waals surface area contributed by atoms with Crippen LogP contribution >= 0.6 is 0 Å². The van der Waals surface area contributed by atoms with Crippen LogP contribution in [0.4, 0.5) is 9.18 Å². The molecular weight excluding hydrogens is 287 g/mol. The highest BCUT2D eigenvalue weighted by Gasteiger charge is 2.50. The Morgan fingerprint density at radius 3 is 2.68 bits per heavy atom. The van der Waals surface area contributed by atoms with E-state index < -0.39 is 23.3 Å². The Kier molecular flexibility index (Phi) is 3.87. The molecule has 2 fully saturated rings. The zero-order valence-corrected chi connectivity index (χ0v) is 12.5. The summed E-state index contributed by atoms with van der Waals surface area (Å²) in [4.78, 5) is 26.1. The number of nitrogens with one attached hydrogen (secondary N) is 1. The van der Waals surface area contributed by atoms with Crippen molar-refractivity contribution in [3.05, 3.63) is 35.6 Å². The van der Waals surface area contributed by atoms with Gasteiger partial charge in [-0.3, -0.25) is 9.69 Å². The Hall–Kier alpha value is -1.95. The van der Waals surface area contributed by atoms with Crippen LogP contribution in [0.25, 0.3) is 0 Å². The van der Waals surface area contributed by atoms with E-state index in [2.05, 4.69) is 5.32 Å². The molecule has 2 saturated heterocycles. The highest BCUT2D eigenvalue weighted by atomic mass is 19.1. The molecule has 1 aromatic rings. The molecule has 0 saturated carbocycles. The number of amides is 3. The van der Waals surface area contributed by atoms with Crippen molar-refractivity contribution < 1.29 is 18.7 Å². The van der Waals surface area contributed by atoms with E-state index in [9.17, 15) is 14.0 Å². The molecule has 5 nitrogen and oxygen atoms in total. The number of carbonyl (C=O) groups excluding carboxylic acids is 2. The van der Waals surface area contributed by atoms with Crippen LogP contribution in [-0.4, -0.2) is 36.6 Å². The van der Waals surface area contributed by atoms with Crippen molar-refractivity contribution >= 4 is 11.9 Å². The number of rotatable bonds is 3. The molecule has 2 heterocycles. The van der Waals surface area contributed by atoms with Gasteiger partial charge < -0.3 is 10.1 Å².